The summed E-state index contributed by atoms with van der Waals surface area (Å²) in [6.07, 6.45) is 5.42. The Morgan fingerprint density at radius 1 is 1.15 bits per heavy atom. The Hall–Kier alpha value is -2.76. The van der Waals surface area contributed by atoms with Crippen molar-refractivity contribution in [2.45, 2.75) is 44.1 Å². The summed E-state index contributed by atoms with van der Waals surface area (Å²) in [7, 11) is 0. The summed E-state index contributed by atoms with van der Waals surface area (Å²) in [6.45, 7) is 1.91. The van der Waals surface area contributed by atoms with Crippen molar-refractivity contribution in [3.8, 4) is 0 Å². The molecule has 1 aliphatic carbocycles. The molecule has 1 amide bonds. The number of amides is 1. The molecule has 3 aromatic rings. The number of benzene rings is 1. The highest BCUT2D eigenvalue weighted by molar-refractivity contribution is 5.88. The molecule has 0 saturated heterocycles. The van der Waals surface area contributed by atoms with Crippen LogP contribution in [0.25, 0.3) is 5.65 Å². The van der Waals surface area contributed by atoms with Crippen LogP contribution in [0.1, 0.15) is 50.0 Å². The highest BCUT2D eigenvalue weighted by atomic mass is 19.1. The van der Waals surface area contributed by atoms with Gasteiger partial charge in [0.05, 0.1) is 11.5 Å². The zero-order valence-corrected chi connectivity index (χ0v) is 14.7. The molecule has 0 spiro atoms. The standard InChI is InChI=1S/C20H21FN4O/c1-14(18-24-23-17-6-2-5-13-25(17)18)22-19(26)20(11-3-4-12-20)15-7-9-16(21)10-8-15/h2,5-10,13-14H,3-4,11-12H2,1H3,(H,22,26)/t14-/m0/s1. The number of carbonyl (C=O) groups excluding carboxylic acids is 1. The van der Waals surface area contributed by atoms with Gasteiger partial charge in [-0.05, 0) is 49.6 Å². The Labute approximate surface area is 151 Å². The van der Waals surface area contributed by atoms with Crippen molar-refractivity contribution >= 4 is 11.6 Å². The van der Waals surface area contributed by atoms with Gasteiger partial charge in [-0.2, -0.15) is 0 Å². The van der Waals surface area contributed by atoms with E-state index in [0.717, 1.165) is 36.9 Å². The molecule has 1 fully saturated rings. The quantitative estimate of drug-likeness (QED) is 0.781. The third-order valence-corrected chi connectivity index (χ3v) is 5.36. The van der Waals surface area contributed by atoms with E-state index < -0.39 is 5.41 Å². The molecule has 2 heterocycles. The first-order valence-corrected chi connectivity index (χ1v) is 8.97. The molecule has 0 bridgehead atoms. The van der Waals surface area contributed by atoms with Gasteiger partial charge in [0.2, 0.25) is 5.91 Å². The van der Waals surface area contributed by atoms with Crippen molar-refractivity contribution in [1.29, 1.82) is 0 Å². The maximum Gasteiger partial charge on any atom is 0.231 e. The lowest BCUT2D eigenvalue weighted by Gasteiger charge is -2.29. The van der Waals surface area contributed by atoms with Gasteiger partial charge in [-0.15, -0.1) is 10.2 Å². The van der Waals surface area contributed by atoms with Crippen LogP contribution in [0.4, 0.5) is 4.39 Å². The largest absolute Gasteiger partial charge is 0.346 e. The van der Waals surface area contributed by atoms with E-state index >= 15 is 0 Å². The molecular weight excluding hydrogens is 331 g/mol. The molecule has 0 radical (unpaired) electrons. The van der Waals surface area contributed by atoms with Gasteiger partial charge in [0, 0.05) is 6.20 Å². The van der Waals surface area contributed by atoms with Gasteiger partial charge < -0.3 is 5.32 Å². The van der Waals surface area contributed by atoms with Crippen molar-refractivity contribution < 1.29 is 9.18 Å². The topological polar surface area (TPSA) is 59.3 Å². The molecule has 0 aliphatic heterocycles. The summed E-state index contributed by atoms with van der Waals surface area (Å²) in [4.78, 5) is 13.2. The molecule has 26 heavy (non-hydrogen) atoms. The molecule has 1 aromatic carbocycles. The summed E-state index contributed by atoms with van der Waals surface area (Å²) >= 11 is 0. The van der Waals surface area contributed by atoms with E-state index in [1.807, 2.05) is 35.7 Å². The molecule has 134 valence electrons. The summed E-state index contributed by atoms with van der Waals surface area (Å²) in [5.74, 6) is 0.383. The fraction of sp³-hybridized carbons (Fsp3) is 0.350. The third-order valence-electron chi connectivity index (χ3n) is 5.36. The number of aromatic nitrogens is 3. The average Bonchev–Trinajstić information content (AvgIpc) is 3.30. The van der Waals surface area contributed by atoms with E-state index in [-0.39, 0.29) is 17.8 Å². The fourth-order valence-electron chi connectivity index (χ4n) is 3.95. The van der Waals surface area contributed by atoms with E-state index in [9.17, 15) is 9.18 Å². The zero-order valence-electron chi connectivity index (χ0n) is 14.7. The minimum absolute atomic E-state index is 0.0261. The number of halogens is 1. The predicted octanol–water partition coefficient (Wildman–Crippen LogP) is 3.56. The van der Waals surface area contributed by atoms with E-state index in [2.05, 4.69) is 15.5 Å². The molecule has 1 atom stereocenters. The number of nitrogens with zero attached hydrogens (tertiary/aromatic N) is 3. The van der Waals surface area contributed by atoms with Gasteiger partial charge in [-0.1, -0.05) is 31.0 Å². The second-order valence-corrected chi connectivity index (χ2v) is 6.98. The summed E-state index contributed by atoms with van der Waals surface area (Å²) in [6, 6.07) is 11.7. The van der Waals surface area contributed by atoms with E-state index in [4.69, 9.17) is 0 Å². The number of fused-ring (bicyclic) bond motifs is 1. The smallest absolute Gasteiger partial charge is 0.231 e. The minimum Gasteiger partial charge on any atom is -0.346 e. The van der Waals surface area contributed by atoms with Crippen LogP contribution < -0.4 is 5.32 Å². The van der Waals surface area contributed by atoms with Crippen LogP contribution in [0, 0.1) is 5.82 Å². The summed E-state index contributed by atoms with van der Waals surface area (Å²) in [5, 5.41) is 11.5. The van der Waals surface area contributed by atoms with Crippen molar-refractivity contribution in [2.24, 2.45) is 0 Å². The Balaban J connectivity index is 1.62. The first-order valence-electron chi connectivity index (χ1n) is 8.97. The molecular formula is C20H21FN4O. The maximum atomic E-state index is 13.3. The number of nitrogens with one attached hydrogen (secondary N) is 1. The molecule has 1 saturated carbocycles. The van der Waals surface area contributed by atoms with Crippen LogP contribution >= 0.6 is 0 Å². The Bertz CT molecular complexity index is 928. The molecule has 1 N–H and O–H groups in total. The van der Waals surface area contributed by atoms with Gasteiger partial charge in [-0.3, -0.25) is 9.20 Å². The van der Waals surface area contributed by atoms with E-state index in [0.29, 0.717) is 5.82 Å². The van der Waals surface area contributed by atoms with Crippen molar-refractivity contribution in [3.63, 3.8) is 0 Å². The van der Waals surface area contributed by atoms with Crippen LogP contribution in [0.5, 0.6) is 0 Å². The van der Waals surface area contributed by atoms with Gasteiger partial charge in [-0.25, -0.2) is 4.39 Å². The third kappa shape index (κ3) is 2.75. The van der Waals surface area contributed by atoms with Crippen molar-refractivity contribution in [1.82, 2.24) is 19.9 Å². The highest BCUT2D eigenvalue weighted by Crippen LogP contribution is 2.41. The Morgan fingerprint density at radius 2 is 1.88 bits per heavy atom. The lowest BCUT2D eigenvalue weighted by Crippen LogP contribution is -2.43. The van der Waals surface area contributed by atoms with Crippen molar-refractivity contribution in [2.75, 3.05) is 0 Å². The molecule has 0 unspecified atom stereocenters. The van der Waals surface area contributed by atoms with Crippen LogP contribution in [0.2, 0.25) is 0 Å². The van der Waals surface area contributed by atoms with Crippen LogP contribution in [-0.4, -0.2) is 20.5 Å². The first-order chi connectivity index (χ1) is 12.6. The zero-order chi connectivity index (χ0) is 18.1. The van der Waals surface area contributed by atoms with Crippen LogP contribution in [0.15, 0.2) is 48.7 Å². The average molecular weight is 352 g/mol. The number of rotatable bonds is 4. The minimum atomic E-state index is -0.595. The summed E-state index contributed by atoms with van der Waals surface area (Å²) in [5.41, 5.74) is 1.03. The number of hydrogen-bond donors (Lipinski definition) is 1. The molecule has 4 rings (SSSR count). The second kappa shape index (κ2) is 6.52. The van der Waals surface area contributed by atoms with Gasteiger partial charge in [0.1, 0.15) is 5.82 Å². The fourth-order valence-corrected chi connectivity index (χ4v) is 3.95. The summed E-state index contributed by atoms with van der Waals surface area (Å²) < 4.78 is 15.2. The lowest BCUT2D eigenvalue weighted by atomic mass is 9.78. The van der Waals surface area contributed by atoms with Crippen LogP contribution in [0.3, 0.4) is 0 Å². The van der Waals surface area contributed by atoms with Gasteiger partial charge in [0.15, 0.2) is 11.5 Å². The predicted molar refractivity (Wildman–Crippen MR) is 96.1 cm³/mol. The molecule has 6 heteroatoms. The number of carbonyl (C=O) groups is 1. The number of hydrogen-bond acceptors (Lipinski definition) is 3. The Morgan fingerprint density at radius 3 is 2.62 bits per heavy atom. The Kier molecular flexibility index (Phi) is 4.18. The first kappa shape index (κ1) is 16.7. The molecule has 1 aliphatic rings. The lowest BCUT2D eigenvalue weighted by molar-refractivity contribution is -0.127. The normalized spacial score (nSPS) is 17.3. The van der Waals surface area contributed by atoms with E-state index in [1.54, 1.807) is 12.1 Å². The highest BCUT2D eigenvalue weighted by Gasteiger charge is 2.43. The number of pyridine rings is 1. The second-order valence-electron chi connectivity index (χ2n) is 6.98. The van der Waals surface area contributed by atoms with E-state index in [1.165, 1.54) is 12.1 Å². The van der Waals surface area contributed by atoms with Gasteiger partial charge >= 0.3 is 0 Å². The maximum absolute atomic E-state index is 13.3. The molecule has 5 nitrogen and oxygen atoms in total. The molecule has 2 aromatic heterocycles. The SMILES string of the molecule is C[C@H](NC(=O)C1(c2ccc(F)cc2)CCCC1)c1nnc2ccccn12. The monoisotopic (exact) mass is 352 g/mol. The van der Waals surface area contributed by atoms with Crippen molar-refractivity contribution in [3.05, 3.63) is 65.9 Å². The van der Waals surface area contributed by atoms with Crippen LogP contribution in [-0.2, 0) is 10.2 Å². The van der Waals surface area contributed by atoms with Gasteiger partial charge in [0.25, 0.3) is 0 Å².